The van der Waals surface area contributed by atoms with E-state index >= 15 is 0 Å². The second-order valence-corrected chi connectivity index (χ2v) is 7.66. The number of amides is 1. The van der Waals surface area contributed by atoms with Crippen LogP contribution in [0.4, 0.5) is 0 Å². The molecule has 3 aliphatic rings. The van der Waals surface area contributed by atoms with Gasteiger partial charge in [-0.15, -0.1) is 0 Å². The van der Waals surface area contributed by atoms with Crippen LogP contribution in [0, 0.1) is 5.92 Å². The fourth-order valence-corrected chi connectivity index (χ4v) is 4.55. The monoisotopic (exact) mass is 328 g/mol. The molecule has 0 aromatic heterocycles. The van der Waals surface area contributed by atoms with E-state index in [4.69, 9.17) is 10.5 Å². The molecule has 0 radical (unpaired) electrons. The Bertz CT molecular complexity index is 608. The van der Waals surface area contributed by atoms with Crippen LogP contribution >= 0.6 is 0 Å². The average molecular weight is 328 g/mol. The quantitative estimate of drug-likeness (QED) is 0.908. The summed E-state index contributed by atoms with van der Waals surface area (Å²) in [5.41, 5.74) is 9.75. The largest absolute Gasteiger partial charge is 0.378 e. The van der Waals surface area contributed by atoms with Gasteiger partial charge in [0.15, 0.2) is 0 Å². The maximum atomic E-state index is 12.8. The first-order valence-corrected chi connectivity index (χ1v) is 9.49. The van der Waals surface area contributed by atoms with Crippen LogP contribution < -0.4 is 5.73 Å². The summed E-state index contributed by atoms with van der Waals surface area (Å²) >= 11 is 0. The maximum Gasteiger partial charge on any atom is 0.253 e. The smallest absolute Gasteiger partial charge is 0.253 e. The van der Waals surface area contributed by atoms with Crippen molar-refractivity contribution in [2.24, 2.45) is 11.7 Å². The maximum absolute atomic E-state index is 12.8. The van der Waals surface area contributed by atoms with Gasteiger partial charge >= 0.3 is 0 Å². The van der Waals surface area contributed by atoms with Crippen LogP contribution in [-0.2, 0) is 17.6 Å². The normalized spacial score (nSPS) is 28.0. The third-order valence-electron chi connectivity index (χ3n) is 6.05. The summed E-state index contributed by atoms with van der Waals surface area (Å²) in [6.07, 6.45) is 7.84. The zero-order chi connectivity index (χ0) is 16.5. The van der Waals surface area contributed by atoms with Gasteiger partial charge in [0.05, 0.1) is 6.10 Å². The van der Waals surface area contributed by atoms with Crippen molar-refractivity contribution < 1.29 is 9.53 Å². The molecule has 2 N–H and O–H groups in total. The van der Waals surface area contributed by atoms with Gasteiger partial charge in [-0.25, -0.2) is 0 Å². The summed E-state index contributed by atoms with van der Waals surface area (Å²) in [6, 6.07) is 6.58. The van der Waals surface area contributed by atoms with Crippen LogP contribution in [0.25, 0.3) is 0 Å². The van der Waals surface area contributed by atoms with E-state index in [9.17, 15) is 4.79 Å². The number of nitrogens with zero attached hydrogens (tertiary/aromatic N) is 1. The molecule has 2 fully saturated rings. The van der Waals surface area contributed by atoms with Crippen LogP contribution in [0.15, 0.2) is 18.2 Å². The van der Waals surface area contributed by atoms with E-state index in [1.807, 2.05) is 11.0 Å². The molecule has 4 heteroatoms. The Balaban J connectivity index is 1.36. The summed E-state index contributed by atoms with van der Waals surface area (Å²) < 4.78 is 5.94. The molecule has 1 amide bonds. The number of carbonyl (C=O) groups is 1. The van der Waals surface area contributed by atoms with E-state index in [1.54, 1.807) is 0 Å². The van der Waals surface area contributed by atoms with Gasteiger partial charge in [0.1, 0.15) is 0 Å². The molecule has 24 heavy (non-hydrogen) atoms. The van der Waals surface area contributed by atoms with Crippen LogP contribution in [0.1, 0.15) is 53.6 Å². The van der Waals surface area contributed by atoms with Crippen LogP contribution in [0.3, 0.4) is 0 Å². The predicted molar refractivity (Wildman–Crippen MR) is 94.0 cm³/mol. The van der Waals surface area contributed by atoms with Crippen LogP contribution in [0.5, 0.6) is 0 Å². The molecule has 1 aromatic carbocycles. The molecule has 4 rings (SSSR count). The van der Waals surface area contributed by atoms with Gasteiger partial charge in [-0.1, -0.05) is 6.07 Å². The van der Waals surface area contributed by atoms with Crippen molar-refractivity contribution in [2.75, 3.05) is 19.7 Å². The standard InChI is InChI=1S/C20H28N2O2/c21-18-8-11-24-19(13-18)15-6-9-22(10-7-15)20(23)17-5-4-14-2-1-3-16(14)12-17/h4-5,12,15,18-19H,1-3,6-11,13,21H2. The molecule has 0 saturated carbocycles. The van der Waals surface area contributed by atoms with Gasteiger partial charge in [0, 0.05) is 31.3 Å². The van der Waals surface area contributed by atoms with Gasteiger partial charge in [-0.2, -0.15) is 0 Å². The highest BCUT2D eigenvalue weighted by Crippen LogP contribution is 2.29. The molecular formula is C20H28N2O2. The Morgan fingerprint density at radius 2 is 1.92 bits per heavy atom. The van der Waals surface area contributed by atoms with Gasteiger partial charge in [-0.05, 0) is 74.1 Å². The van der Waals surface area contributed by atoms with E-state index in [2.05, 4.69) is 12.1 Å². The van der Waals surface area contributed by atoms with E-state index < -0.39 is 0 Å². The van der Waals surface area contributed by atoms with Gasteiger partial charge < -0.3 is 15.4 Å². The number of carbonyl (C=O) groups excluding carboxylic acids is 1. The lowest BCUT2D eigenvalue weighted by atomic mass is 9.86. The molecule has 0 bridgehead atoms. The second-order valence-electron chi connectivity index (χ2n) is 7.66. The second kappa shape index (κ2) is 6.85. The Hall–Kier alpha value is -1.39. The third-order valence-corrected chi connectivity index (χ3v) is 6.05. The van der Waals surface area contributed by atoms with Crippen molar-refractivity contribution in [1.82, 2.24) is 4.90 Å². The fourth-order valence-electron chi connectivity index (χ4n) is 4.55. The van der Waals surface area contributed by atoms with Gasteiger partial charge in [0.25, 0.3) is 5.91 Å². The van der Waals surface area contributed by atoms with E-state index in [0.717, 1.165) is 57.4 Å². The minimum Gasteiger partial charge on any atom is -0.378 e. The summed E-state index contributed by atoms with van der Waals surface area (Å²) in [6.45, 7) is 2.48. The number of aryl methyl sites for hydroxylation is 2. The number of fused-ring (bicyclic) bond motifs is 1. The van der Waals surface area contributed by atoms with Crippen molar-refractivity contribution in [3.05, 3.63) is 34.9 Å². The Kier molecular flexibility index (Phi) is 4.59. The fraction of sp³-hybridized carbons (Fsp3) is 0.650. The van der Waals surface area contributed by atoms with Crippen molar-refractivity contribution in [2.45, 2.75) is 57.1 Å². The molecule has 2 saturated heterocycles. The number of benzene rings is 1. The highest BCUT2D eigenvalue weighted by molar-refractivity contribution is 5.94. The van der Waals surface area contributed by atoms with Gasteiger partial charge in [0.2, 0.25) is 0 Å². The summed E-state index contributed by atoms with van der Waals surface area (Å²) in [7, 11) is 0. The number of hydrogen-bond donors (Lipinski definition) is 1. The SMILES string of the molecule is NC1CCOC(C2CCN(C(=O)c3ccc4c(c3)CCC4)CC2)C1. The molecule has 1 aromatic rings. The van der Waals surface area contributed by atoms with Gasteiger partial charge in [-0.3, -0.25) is 4.79 Å². The summed E-state index contributed by atoms with van der Waals surface area (Å²) in [4.78, 5) is 14.8. The predicted octanol–water partition coefficient (Wildman–Crippen LogP) is 2.53. The Labute approximate surface area is 144 Å². The Morgan fingerprint density at radius 3 is 2.71 bits per heavy atom. The van der Waals surface area contributed by atoms with Crippen molar-refractivity contribution >= 4 is 5.91 Å². The lowest BCUT2D eigenvalue weighted by Crippen LogP contribution is -2.45. The first-order chi connectivity index (χ1) is 11.7. The lowest BCUT2D eigenvalue weighted by Gasteiger charge is -2.38. The minimum atomic E-state index is 0.199. The lowest BCUT2D eigenvalue weighted by molar-refractivity contribution is -0.0419. The topological polar surface area (TPSA) is 55.6 Å². The van der Waals surface area contributed by atoms with E-state index in [1.165, 1.54) is 24.0 Å². The average Bonchev–Trinajstić information content (AvgIpc) is 3.09. The number of hydrogen-bond acceptors (Lipinski definition) is 3. The minimum absolute atomic E-state index is 0.199. The number of likely N-dealkylation sites (tertiary alicyclic amines) is 1. The van der Waals surface area contributed by atoms with E-state index in [-0.39, 0.29) is 11.9 Å². The van der Waals surface area contributed by atoms with Crippen LogP contribution in [-0.4, -0.2) is 42.6 Å². The summed E-state index contributed by atoms with van der Waals surface area (Å²) in [5, 5.41) is 0. The third kappa shape index (κ3) is 3.22. The number of ether oxygens (including phenoxy) is 1. The zero-order valence-electron chi connectivity index (χ0n) is 14.4. The number of rotatable bonds is 2. The highest BCUT2D eigenvalue weighted by atomic mass is 16.5. The molecule has 2 unspecified atom stereocenters. The number of nitrogens with two attached hydrogens (primary N) is 1. The molecule has 2 atom stereocenters. The molecule has 130 valence electrons. The Morgan fingerprint density at radius 1 is 1.12 bits per heavy atom. The molecule has 1 aliphatic carbocycles. The molecule has 4 nitrogen and oxygen atoms in total. The first-order valence-electron chi connectivity index (χ1n) is 9.49. The van der Waals surface area contributed by atoms with Crippen molar-refractivity contribution in [3.63, 3.8) is 0 Å². The first kappa shape index (κ1) is 16.1. The zero-order valence-corrected chi connectivity index (χ0v) is 14.4. The summed E-state index contributed by atoms with van der Waals surface area (Å²) in [5.74, 6) is 0.754. The number of piperidine rings is 1. The molecule has 0 spiro atoms. The highest BCUT2D eigenvalue weighted by Gasteiger charge is 2.32. The van der Waals surface area contributed by atoms with Crippen molar-refractivity contribution in [3.8, 4) is 0 Å². The molecular weight excluding hydrogens is 300 g/mol. The molecule has 2 aliphatic heterocycles. The van der Waals surface area contributed by atoms with Crippen molar-refractivity contribution in [1.29, 1.82) is 0 Å². The van der Waals surface area contributed by atoms with Crippen LogP contribution in [0.2, 0.25) is 0 Å². The molecule has 2 heterocycles. The van der Waals surface area contributed by atoms with E-state index in [0.29, 0.717) is 12.0 Å².